The van der Waals surface area contributed by atoms with Gasteiger partial charge in [0.15, 0.2) is 0 Å². The highest BCUT2D eigenvalue weighted by Gasteiger charge is 2.31. The van der Waals surface area contributed by atoms with E-state index < -0.39 is 17.7 Å². The van der Waals surface area contributed by atoms with E-state index in [1.54, 1.807) is 44.2 Å². The van der Waals surface area contributed by atoms with Crippen LogP contribution in [0, 0.1) is 0 Å². The number of halogens is 3. The summed E-state index contributed by atoms with van der Waals surface area (Å²) in [5, 5.41) is 9.20. The van der Waals surface area contributed by atoms with Crippen LogP contribution in [0.1, 0.15) is 19.4 Å². The maximum Gasteiger partial charge on any atom is 0.573 e. The van der Waals surface area contributed by atoms with E-state index >= 15 is 0 Å². The maximum absolute atomic E-state index is 12.3. The Bertz CT molecular complexity index is 704. The Balaban J connectivity index is 2.30. The lowest BCUT2D eigenvalue weighted by Gasteiger charge is -2.20. The van der Waals surface area contributed by atoms with Gasteiger partial charge in [-0.25, -0.2) is 0 Å². The Labute approximate surface area is 131 Å². The normalized spacial score (nSPS) is 12.0. The van der Waals surface area contributed by atoms with Crippen molar-refractivity contribution in [3.8, 4) is 16.9 Å². The smallest absolute Gasteiger partial charge is 0.481 e. The molecule has 0 bridgehead atoms. The first-order valence-corrected chi connectivity index (χ1v) is 6.80. The van der Waals surface area contributed by atoms with E-state index in [4.69, 9.17) is 0 Å². The molecule has 0 heterocycles. The van der Waals surface area contributed by atoms with Gasteiger partial charge in [-0.1, -0.05) is 36.4 Å². The van der Waals surface area contributed by atoms with Crippen molar-refractivity contribution in [2.75, 3.05) is 0 Å². The second kappa shape index (κ2) is 5.95. The minimum atomic E-state index is -4.74. The number of hydrogen-bond donors (Lipinski definition) is 1. The predicted octanol–water partition coefficient (Wildman–Crippen LogP) is 4.61. The van der Waals surface area contributed by atoms with Gasteiger partial charge in [0, 0.05) is 0 Å². The topological polar surface area (TPSA) is 46.5 Å². The molecule has 0 saturated carbocycles. The molecule has 3 nitrogen and oxygen atoms in total. The average molecular weight is 324 g/mol. The first kappa shape index (κ1) is 16.9. The molecule has 0 atom stereocenters. The van der Waals surface area contributed by atoms with Crippen molar-refractivity contribution in [2.45, 2.75) is 25.6 Å². The van der Waals surface area contributed by atoms with Gasteiger partial charge in [-0.05, 0) is 42.7 Å². The number of hydrogen-bond acceptors (Lipinski definition) is 2. The number of carboxylic acids is 1. The van der Waals surface area contributed by atoms with Gasteiger partial charge in [0.25, 0.3) is 0 Å². The van der Waals surface area contributed by atoms with E-state index in [-0.39, 0.29) is 5.75 Å². The number of rotatable bonds is 4. The quantitative estimate of drug-likeness (QED) is 0.893. The van der Waals surface area contributed by atoms with E-state index in [2.05, 4.69) is 4.74 Å². The molecule has 0 aliphatic rings. The summed E-state index contributed by atoms with van der Waals surface area (Å²) >= 11 is 0. The Kier molecular flexibility index (Phi) is 4.36. The number of carboxylic acid groups (broad SMARTS) is 1. The third-order valence-electron chi connectivity index (χ3n) is 3.54. The maximum atomic E-state index is 12.3. The lowest BCUT2D eigenvalue weighted by atomic mass is 9.84. The Morgan fingerprint density at radius 2 is 1.61 bits per heavy atom. The number of aliphatic carboxylic acids is 1. The minimum Gasteiger partial charge on any atom is -0.481 e. The van der Waals surface area contributed by atoms with Crippen LogP contribution < -0.4 is 4.74 Å². The van der Waals surface area contributed by atoms with Crippen molar-refractivity contribution in [1.82, 2.24) is 0 Å². The summed E-state index contributed by atoms with van der Waals surface area (Å²) in [5.74, 6) is -1.25. The van der Waals surface area contributed by atoms with Crippen molar-refractivity contribution in [3.63, 3.8) is 0 Å². The molecule has 6 heteroatoms. The summed E-state index contributed by atoms with van der Waals surface area (Å²) in [6.07, 6.45) is -4.74. The molecule has 2 aromatic carbocycles. The van der Waals surface area contributed by atoms with Gasteiger partial charge in [-0.3, -0.25) is 4.79 Å². The van der Waals surface area contributed by atoms with Crippen LogP contribution >= 0.6 is 0 Å². The monoisotopic (exact) mass is 324 g/mol. The van der Waals surface area contributed by atoms with Crippen LogP contribution in [-0.4, -0.2) is 17.4 Å². The first-order chi connectivity index (χ1) is 10.6. The van der Waals surface area contributed by atoms with E-state index in [0.717, 1.165) is 0 Å². The molecule has 0 spiro atoms. The minimum absolute atomic E-state index is 0.301. The molecule has 0 unspecified atom stereocenters. The van der Waals surface area contributed by atoms with Gasteiger partial charge in [0.1, 0.15) is 5.75 Å². The second-order valence-corrected chi connectivity index (χ2v) is 5.58. The molecule has 1 N–H and O–H groups in total. The largest absolute Gasteiger partial charge is 0.573 e. The molecule has 23 heavy (non-hydrogen) atoms. The summed E-state index contributed by atoms with van der Waals surface area (Å²) in [5.41, 5.74) is 0.783. The molecule has 0 saturated heterocycles. The van der Waals surface area contributed by atoms with Crippen LogP contribution in [0.3, 0.4) is 0 Å². The van der Waals surface area contributed by atoms with Gasteiger partial charge in [-0.15, -0.1) is 13.2 Å². The molecule has 0 fully saturated rings. The van der Waals surface area contributed by atoms with Crippen molar-refractivity contribution in [1.29, 1.82) is 0 Å². The van der Waals surface area contributed by atoms with Crippen molar-refractivity contribution < 1.29 is 27.8 Å². The van der Waals surface area contributed by atoms with Gasteiger partial charge >= 0.3 is 12.3 Å². The Hall–Kier alpha value is -2.50. The van der Waals surface area contributed by atoms with Crippen LogP contribution in [0.5, 0.6) is 5.75 Å². The molecule has 0 amide bonds. The summed E-state index contributed by atoms with van der Waals surface area (Å²) in [4.78, 5) is 11.2. The predicted molar refractivity (Wildman–Crippen MR) is 79.2 cm³/mol. The lowest BCUT2D eigenvalue weighted by Crippen LogP contribution is -2.28. The lowest BCUT2D eigenvalue weighted by molar-refractivity contribution is -0.274. The van der Waals surface area contributed by atoms with Crippen LogP contribution in [0.15, 0.2) is 48.5 Å². The Morgan fingerprint density at radius 1 is 1.00 bits per heavy atom. The fourth-order valence-corrected chi connectivity index (χ4v) is 2.08. The number of carbonyl (C=O) groups is 1. The van der Waals surface area contributed by atoms with Gasteiger partial charge in [-0.2, -0.15) is 0 Å². The SMILES string of the molecule is CC(C)(C(=O)O)c1ccc(-c2cccc(OC(F)(F)F)c2)cc1. The van der Waals surface area contributed by atoms with Gasteiger partial charge in [0.05, 0.1) is 5.41 Å². The number of benzene rings is 2. The van der Waals surface area contributed by atoms with Crippen LogP contribution in [0.25, 0.3) is 11.1 Å². The van der Waals surface area contributed by atoms with Crippen molar-refractivity contribution >= 4 is 5.97 Å². The molecular formula is C17H15F3O3. The molecular weight excluding hydrogens is 309 g/mol. The fraction of sp³-hybridized carbons (Fsp3) is 0.235. The van der Waals surface area contributed by atoms with Crippen LogP contribution in [0.4, 0.5) is 13.2 Å². The zero-order valence-corrected chi connectivity index (χ0v) is 12.5. The molecule has 2 rings (SSSR count). The summed E-state index contributed by atoms with van der Waals surface area (Å²) in [7, 11) is 0. The van der Waals surface area contributed by atoms with Crippen molar-refractivity contribution in [2.24, 2.45) is 0 Å². The van der Waals surface area contributed by atoms with Crippen molar-refractivity contribution in [3.05, 3.63) is 54.1 Å². The van der Waals surface area contributed by atoms with E-state index in [1.807, 2.05) is 0 Å². The highest BCUT2D eigenvalue weighted by molar-refractivity contribution is 5.80. The van der Waals surface area contributed by atoms with E-state index in [9.17, 15) is 23.1 Å². The number of ether oxygens (including phenoxy) is 1. The van der Waals surface area contributed by atoms with Gasteiger partial charge < -0.3 is 9.84 Å². The zero-order chi connectivity index (χ0) is 17.3. The first-order valence-electron chi connectivity index (χ1n) is 6.80. The van der Waals surface area contributed by atoms with E-state index in [1.165, 1.54) is 18.2 Å². The molecule has 0 aliphatic heterocycles. The fourth-order valence-electron chi connectivity index (χ4n) is 2.08. The van der Waals surface area contributed by atoms with E-state index in [0.29, 0.717) is 16.7 Å². The Morgan fingerprint density at radius 3 is 2.13 bits per heavy atom. The molecule has 122 valence electrons. The number of alkyl halides is 3. The molecule has 0 radical (unpaired) electrons. The van der Waals surface area contributed by atoms with Crippen LogP contribution in [0.2, 0.25) is 0 Å². The zero-order valence-electron chi connectivity index (χ0n) is 12.5. The highest BCUT2D eigenvalue weighted by Crippen LogP contribution is 2.30. The third kappa shape index (κ3) is 4.03. The molecule has 2 aromatic rings. The second-order valence-electron chi connectivity index (χ2n) is 5.58. The van der Waals surface area contributed by atoms with Crippen LogP contribution in [-0.2, 0) is 10.2 Å². The third-order valence-corrected chi connectivity index (χ3v) is 3.54. The summed E-state index contributed by atoms with van der Waals surface area (Å²) < 4.78 is 40.7. The van der Waals surface area contributed by atoms with Gasteiger partial charge in [0.2, 0.25) is 0 Å². The molecule has 0 aromatic heterocycles. The average Bonchev–Trinajstić information content (AvgIpc) is 2.45. The molecule has 0 aliphatic carbocycles. The highest BCUT2D eigenvalue weighted by atomic mass is 19.4. The summed E-state index contributed by atoms with van der Waals surface area (Å²) in [6, 6.07) is 12.3. The summed E-state index contributed by atoms with van der Waals surface area (Å²) in [6.45, 7) is 3.17. The standard InChI is InChI=1S/C17H15F3O3/c1-16(2,15(21)22)13-8-6-11(7-9-13)12-4-3-5-14(10-12)23-17(18,19)20/h3-10H,1-2H3,(H,21,22).